The van der Waals surface area contributed by atoms with Gasteiger partial charge in [0.2, 0.25) is 0 Å². The third-order valence-electron chi connectivity index (χ3n) is 4.80. The summed E-state index contributed by atoms with van der Waals surface area (Å²) in [7, 11) is 0. The molecule has 0 aromatic rings. The Morgan fingerprint density at radius 1 is 1.05 bits per heavy atom. The Kier molecular flexibility index (Phi) is 10.8. The van der Waals surface area contributed by atoms with Crippen LogP contribution in [0.2, 0.25) is 0 Å². The molecule has 1 nitrogen and oxygen atoms in total. The van der Waals surface area contributed by atoms with Gasteiger partial charge in [0.05, 0.1) is 0 Å². The first-order valence-corrected chi connectivity index (χ1v) is 8.91. The maximum absolute atomic E-state index is 5.78. The van der Waals surface area contributed by atoms with Crippen LogP contribution in [0.15, 0.2) is 23.3 Å². The number of allylic oxidation sites excluding steroid dienone is 4. The Morgan fingerprint density at radius 3 is 2.14 bits per heavy atom. The van der Waals surface area contributed by atoms with Crippen molar-refractivity contribution in [2.24, 2.45) is 29.4 Å². The third kappa shape index (κ3) is 8.46. The Labute approximate surface area is 134 Å². The molecule has 4 atom stereocenters. The van der Waals surface area contributed by atoms with Crippen LogP contribution >= 0.6 is 0 Å². The molecule has 0 saturated heterocycles. The van der Waals surface area contributed by atoms with E-state index in [2.05, 4.69) is 60.6 Å². The van der Waals surface area contributed by atoms with Crippen molar-refractivity contribution in [3.05, 3.63) is 23.3 Å². The monoisotopic (exact) mass is 293 g/mol. The fraction of sp³-hybridized carbons (Fsp3) is 0.800. The van der Waals surface area contributed by atoms with Gasteiger partial charge in [-0.05, 0) is 57.4 Å². The van der Waals surface area contributed by atoms with Gasteiger partial charge in [-0.15, -0.1) is 0 Å². The second kappa shape index (κ2) is 11.1. The van der Waals surface area contributed by atoms with E-state index in [4.69, 9.17) is 5.73 Å². The zero-order chi connectivity index (χ0) is 16.4. The average Bonchev–Trinajstić information content (AvgIpc) is 2.43. The van der Waals surface area contributed by atoms with E-state index in [-0.39, 0.29) is 0 Å². The van der Waals surface area contributed by atoms with E-state index in [1.165, 1.54) is 24.0 Å². The van der Waals surface area contributed by atoms with Gasteiger partial charge in [-0.2, -0.15) is 0 Å². The lowest BCUT2D eigenvalue weighted by atomic mass is 9.82. The molecule has 1 heteroatoms. The highest BCUT2D eigenvalue weighted by atomic mass is 14.5. The fourth-order valence-corrected chi connectivity index (χ4v) is 3.04. The Bertz CT molecular complexity index is 327. The van der Waals surface area contributed by atoms with Crippen molar-refractivity contribution in [2.75, 3.05) is 6.54 Å². The average molecular weight is 294 g/mol. The van der Waals surface area contributed by atoms with Gasteiger partial charge in [0.1, 0.15) is 0 Å². The predicted molar refractivity (Wildman–Crippen MR) is 97.4 cm³/mol. The lowest BCUT2D eigenvalue weighted by Gasteiger charge is -2.24. The lowest BCUT2D eigenvalue weighted by Crippen LogP contribution is -2.16. The molecule has 0 rings (SSSR count). The van der Waals surface area contributed by atoms with E-state index in [0.717, 1.165) is 25.3 Å². The molecule has 0 radical (unpaired) electrons. The molecule has 0 aliphatic heterocycles. The van der Waals surface area contributed by atoms with Crippen molar-refractivity contribution >= 4 is 0 Å². The molecule has 2 unspecified atom stereocenters. The number of hydrogen-bond acceptors (Lipinski definition) is 1. The summed E-state index contributed by atoms with van der Waals surface area (Å²) < 4.78 is 0. The highest BCUT2D eigenvalue weighted by Crippen LogP contribution is 2.28. The molecule has 0 amide bonds. The van der Waals surface area contributed by atoms with Crippen LogP contribution in [0.1, 0.15) is 74.1 Å². The summed E-state index contributed by atoms with van der Waals surface area (Å²) in [6.07, 6.45) is 9.79. The summed E-state index contributed by atoms with van der Waals surface area (Å²) >= 11 is 0. The Hall–Kier alpha value is -0.560. The molecule has 0 aromatic carbocycles. The summed E-state index contributed by atoms with van der Waals surface area (Å²) in [6, 6.07) is 0. The van der Waals surface area contributed by atoms with Gasteiger partial charge < -0.3 is 5.73 Å². The second-order valence-electron chi connectivity index (χ2n) is 7.08. The first-order valence-electron chi connectivity index (χ1n) is 8.91. The molecule has 0 aromatic heterocycles. The van der Waals surface area contributed by atoms with Crippen LogP contribution in [0.4, 0.5) is 0 Å². The summed E-state index contributed by atoms with van der Waals surface area (Å²) in [6.45, 7) is 16.9. The zero-order valence-corrected chi connectivity index (χ0v) is 15.6. The van der Waals surface area contributed by atoms with Gasteiger partial charge in [0.15, 0.2) is 0 Å². The minimum absolute atomic E-state index is 0.549. The molecule has 21 heavy (non-hydrogen) atoms. The zero-order valence-electron chi connectivity index (χ0n) is 15.6. The molecular formula is C20H39N. The molecule has 0 bridgehead atoms. The van der Waals surface area contributed by atoms with Crippen LogP contribution in [0.25, 0.3) is 0 Å². The van der Waals surface area contributed by atoms with Gasteiger partial charge in [-0.3, -0.25) is 0 Å². The van der Waals surface area contributed by atoms with Crippen LogP contribution in [-0.2, 0) is 0 Å². The summed E-state index contributed by atoms with van der Waals surface area (Å²) in [5, 5.41) is 0. The quantitative estimate of drug-likeness (QED) is 0.494. The Morgan fingerprint density at radius 2 is 1.67 bits per heavy atom. The second-order valence-corrected chi connectivity index (χ2v) is 7.08. The highest BCUT2D eigenvalue weighted by molar-refractivity contribution is 5.16. The van der Waals surface area contributed by atoms with Crippen molar-refractivity contribution < 1.29 is 0 Å². The van der Waals surface area contributed by atoms with Crippen LogP contribution < -0.4 is 5.73 Å². The molecule has 124 valence electrons. The molecule has 0 heterocycles. The summed E-state index contributed by atoms with van der Waals surface area (Å²) in [5.41, 5.74) is 8.79. The largest absolute Gasteiger partial charge is 0.330 e. The standard InChI is InChI=1S/C20H39N/c1-8-15(3)12-17(5)13-19(7)20(14-16(4)9-2)18(6)10-11-21/h13-15,17-18,20H,8-12,21H2,1-7H3/b16-14?,19-13-/t15?,17-,18-,20?/m1/s1. The van der Waals surface area contributed by atoms with Crippen LogP contribution in [0, 0.1) is 23.7 Å². The van der Waals surface area contributed by atoms with Crippen LogP contribution in [-0.4, -0.2) is 6.54 Å². The number of rotatable bonds is 10. The number of hydrogen-bond donors (Lipinski definition) is 1. The topological polar surface area (TPSA) is 26.0 Å². The maximum atomic E-state index is 5.78. The minimum Gasteiger partial charge on any atom is -0.330 e. The smallest absolute Gasteiger partial charge is 0.000276 e. The molecule has 2 N–H and O–H groups in total. The lowest BCUT2D eigenvalue weighted by molar-refractivity contribution is 0.432. The van der Waals surface area contributed by atoms with Crippen molar-refractivity contribution in [1.82, 2.24) is 0 Å². The molecule has 0 saturated carbocycles. The van der Waals surface area contributed by atoms with Gasteiger partial charge in [0, 0.05) is 5.92 Å². The van der Waals surface area contributed by atoms with Gasteiger partial charge in [-0.1, -0.05) is 64.3 Å². The first kappa shape index (κ1) is 20.4. The van der Waals surface area contributed by atoms with E-state index in [9.17, 15) is 0 Å². The van der Waals surface area contributed by atoms with E-state index in [1.54, 1.807) is 0 Å². The van der Waals surface area contributed by atoms with Gasteiger partial charge >= 0.3 is 0 Å². The first-order chi connectivity index (χ1) is 9.85. The van der Waals surface area contributed by atoms with Crippen molar-refractivity contribution in [1.29, 1.82) is 0 Å². The molecule has 0 aliphatic carbocycles. The van der Waals surface area contributed by atoms with Crippen molar-refractivity contribution in [3.63, 3.8) is 0 Å². The van der Waals surface area contributed by atoms with Crippen molar-refractivity contribution in [3.8, 4) is 0 Å². The third-order valence-corrected chi connectivity index (χ3v) is 4.80. The number of nitrogens with two attached hydrogens (primary N) is 1. The van der Waals surface area contributed by atoms with Crippen LogP contribution in [0.5, 0.6) is 0 Å². The SMILES string of the molecule is CCC(C)=CC(/C(C)=C\[C@H](C)CC(C)CC)[C@H](C)CCN. The van der Waals surface area contributed by atoms with Crippen LogP contribution in [0.3, 0.4) is 0 Å². The predicted octanol–water partition coefficient (Wildman–Crippen LogP) is 5.96. The molecule has 0 aliphatic rings. The van der Waals surface area contributed by atoms with E-state index < -0.39 is 0 Å². The fourth-order valence-electron chi connectivity index (χ4n) is 3.04. The van der Waals surface area contributed by atoms with E-state index >= 15 is 0 Å². The molecule has 0 fully saturated rings. The maximum Gasteiger partial charge on any atom is 0.000276 e. The summed E-state index contributed by atoms with van der Waals surface area (Å²) in [4.78, 5) is 0. The molecule has 0 spiro atoms. The normalized spacial score (nSPS) is 19.2. The van der Waals surface area contributed by atoms with E-state index in [1.807, 2.05) is 0 Å². The minimum atomic E-state index is 0.549. The Balaban J connectivity index is 5.04. The van der Waals surface area contributed by atoms with Gasteiger partial charge in [-0.25, -0.2) is 0 Å². The summed E-state index contributed by atoms with van der Waals surface area (Å²) in [5.74, 6) is 2.66. The van der Waals surface area contributed by atoms with Crippen molar-refractivity contribution in [2.45, 2.75) is 74.1 Å². The molecular weight excluding hydrogens is 254 g/mol. The van der Waals surface area contributed by atoms with E-state index in [0.29, 0.717) is 17.8 Å². The van der Waals surface area contributed by atoms with Gasteiger partial charge in [0.25, 0.3) is 0 Å². The highest BCUT2D eigenvalue weighted by Gasteiger charge is 2.17.